The predicted molar refractivity (Wildman–Crippen MR) is 75.7 cm³/mol. The van der Waals surface area contributed by atoms with Gasteiger partial charge in [-0.05, 0) is 38.8 Å². The molecule has 1 fully saturated rings. The lowest BCUT2D eigenvalue weighted by Gasteiger charge is -2.43. The van der Waals surface area contributed by atoms with Crippen LogP contribution in [0.5, 0.6) is 5.75 Å². The molecule has 2 atom stereocenters. The van der Waals surface area contributed by atoms with E-state index < -0.39 is 0 Å². The number of anilines is 1. The number of benzene rings is 1. The van der Waals surface area contributed by atoms with Gasteiger partial charge in [-0.3, -0.25) is 0 Å². The molecule has 106 valence electrons. The van der Waals surface area contributed by atoms with Crippen LogP contribution < -0.4 is 10.1 Å². The number of hydrogen-bond donors (Lipinski definition) is 2. The first kappa shape index (κ1) is 14.2. The molecule has 1 heterocycles. The average Bonchev–Trinajstić information content (AvgIpc) is 2.38. The highest BCUT2D eigenvalue weighted by atomic mass is 16.5. The Morgan fingerprint density at radius 1 is 1.32 bits per heavy atom. The molecule has 1 aromatic rings. The van der Waals surface area contributed by atoms with Crippen molar-refractivity contribution in [2.45, 2.75) is 44.4 Å². The van der Waals surface area contributed by atoms with E-state index in [0.717, 1.165) is 24.3 Å². The van der Waals surface area contributed by atoms with Crippen LogP contribution in [0.3, 0.4) is 0 Å². The van der Waals surface area contributed by atoms with Crippen LogP contribution in [-0.4, -0.2) is 36.6 Å². The van der Waals surface area contributed by atoms with Crippen molar-refractivity contribution < 1.29 is 14.6 Å². The highest BCUT2D eigenvalue weighted by Crippen LogP contribution is 2.34. The Balaban J connectivity index is 2.22. The van der Waals surface area contributed by atoms with Crippen LogP contribution in [0.1, 0.15) is 26.7 Å². The van der Waals surface area contributed by atoms with E-state index in [1.807, 2.05) is 38.1 Å². The minimum absolute atomic E-state index is 0.0864. The fourth-order valence-electron chi connectivity index (χ4n) is 2.98. The number of nitrogens with one attached hydrogen (secondary N) is 1. The highest BCUT2D eigenvalue weighted by Gasteiger charge is 2.38. The maximum Gasteiger partial charge on any atom is 0.141 e. The van der Waals surface area contributed by atoms with Gasteiger partial charge >= 0.3 is 0 Å². The lowest BCUT2D eigenvalue weighted by molar-refractivity contribution is -0.0654. The van der Waals surface area contributed by atoms with E-state index in [1.54, 1.807) is 7.11 Å². The van der Waals surface area contributed by atoms with Gasteiger partial charge < -0.3 is 19.9 Å². The molecule has 0 amide bonds. The third-order valence-electron chi connectivity index (χ3n) is 3.63. The van der Waals surface area contributed by atoms with Crippen molar-refractivity contribution in [2.75, 3.05) is 19.0 Å². The summed E-state index contributed by atoms with van der Waals surface area (Å²) in [4.78, 5) is 0. The maximum atomic E-state index is 9.84. The molecule has 19 heavy (non-hydrogen) atoms. The highest BCUT2D eigenvalue weighted by molar-refractivity contribution is 5.57. The normalized spacial score (nSPS) is 30.9. The second kappa shape index (κ2) is 5.80. The molecule has 1 saturated heterocycles. The van der Waals surface area contributed by atoms with E-state index in [2.05, 4.69) is 5.32 Å². The molecule has 2 N–H and O–H groups in total. The number of aliphatic hydroxyl groups excluding tert-OH is 1. The number of hydrogen-bond acceptors (Lipinski definition) is 4. The minimum atomic E-state index is -0.342. The van der Waals surface area contributed by atoms with Crippen LogP contribution in [0.25, 0.3) is 0 Å². The Morgan fingerprint density at radius 2 is 1.95 bits per heavy atom. The Hall–Kier alpha value is -1.26. The summed E-state index contributed by atoms with van der Waals surface area (Å²) in [6, 6.07) is 7.79. The minimum Gasteiger partial charge on any atom is -0.495 e. The zero-order chi connectivity index (χ0) is 13.9. The second-order valence-corrected chi connectivity index (χ2v) is 5.43. The Bertz CT molecular complexity index is 412. The van der Waals surface area contributed by atoms with Crippen LogP contribution in [-0.2, 0) is 4.74 Å². The molecule has 0 spiro atoms. The predicted octanol–water partition coefficient (Wildman–Crippen LogP) is 2.43. The summed E-state index contributed by atoms with van der Waals surface area (Å²) in [5.74, 6) is 0.794. The van der Waals surface area contributed by atoms with E-state index >= 15 is 0 Å². The summed E-state index contributed by atoms with van der Waals surface area (Å²) in [6.07, 6.45) is 1.84. The van der Waals surface area contributed by atoms with Gasteiger partial charge in [-0.15, -0.1) is 0 Å². The third-order valence-corrected chi connectivity index (χ3v) is 3.63. The van der Waals surface area contributed by atoms with Gasteiger partial charge in [0.25, 0.3) is 0 Å². The summed E-state index contributed by atoms with van der Waals surface area (Å²) in [5.41, 5.74) is 0.575. The summed E-state index contributed by atoms with van der Waals surface area (Å²) in [7, 11) is 1.65. The Labute approximate surface area is 114 Å². The fourth-order valence-corrected chi connectivity index (χ4v) is 2.98. The average molecular weight is 265 g/mol. The van der Waals surface area contributed by atoms with Gasteiger partial charge in [0.15, 0.2) is 0 Å². The maximum absolute atomic E-state index is 9.84. The molecule has 1 aliphatic rings. The number of para-hydroxylation sites is 2. The van der Waals surface area contributed by atoms with Gasteiger partial charge in [-0.25, -0.2) is 0 Å². The lowest BCUT2D eigenvalue weighted by atomic mass is 9.84. The lowest BCUT2D eigenvalue weighted by Crippen LogP contribution is -2.51. The van der Waals surface area contributed by atoms with Crippen LogP contribution in [0.2, 0.25) is 0 Å². The van der Waals surface area contributed by atoms with Gasteiger partial charge in [-0.2, -0.15) is 0 Å². The van der Waals surface area contributed by atoms with E-state index in [0.29, 0.717) is 0 Å². The molecule has 4 nitrogen and oxygen atoms in total. The first-order chi connectivity index (χ1) is 9.08. The van der Waals surface area contributed by atoms with Crippen LogP contribution in [0, 0.1) is 0 Å². The zero-order valence-electron chi connectivity index (χ0n) is 11.8. The molecule has 1 aliphatic heterocycles. The van der Waals surface area contributed by atoms with Crippen molar-refractivity contribution in [1.29, 1.82) is 0 Å². The molecule has 1 aromatic carbocycles. The monoisotopic (exact) mass is 265 g/mol. The summed E-state index contributed by atoms with van der Waals surface area (Å²) >= 11 is 0. The largest absolute Gasteiger partial charge is 0.495 e. The van der Waals surface area contributed by atoms with E-state index in [-0.39, 0.29) is 24.4 Å². The van der Waals surface area contributed by atoms with Crippen molar-refractivity contribution in [1.82, 2.24) is 0 Å². The van der Waals surface area contributed by atoms with Crippen LogP contribution >= 0.6 is 0 Å². The van der Waals surface area contributed by atoms with Crippen LogP contribution in [0.15, 0.2) is 24.3 Å². The van der Waals surface area contributed by atoms with Crippen molar-refractivity contribution >= 4 is 5.69 Å². The first-order valence-corrected chi connectivity index (χ1v) is 6.76. The van der Waals surface area contributed by atoms with Gasteiger partial charge in [0.05, 0.1) is 37.2 Å². The molecule has 2 unspecified atom stereocenters. The Morgan fingerprint density at radius 3 is 2.53 bits per heavy atom. The van der Waals surface area contributed by atoms with Gasteiger partial charge in [0.1, 0.15) is 5.75 Å². The molecular formula is C15H23NO3. The van der Waals surface area contributed by atoms with Gasteiger partial charge in [0, 0.05) is 0 Å². The van der Waals surface area contributed by atoms with Crippen molar-refractivity contribution in [3.8, 4) is 5.75 Å². The van der Waals surface area contributed by atoms with E-state index in [1.165, 1.54) is 0 Å². The topological polar surface area (TPSA) is 50.7 Å². The van der Waals surface area contributed by atoms with Crippen molar-refractivity contribution in [3.05, 3.63) is 24.3 Å². The zero-order valence-corrected chi connectivity index (χ0v) is 11.8. The quantitative estimate of drug-likeness (QED) is 0.878. The standard InChI is InChI=1S/C15H23NO3/c1-11-8-15(10-17,9-12(2)19-11)16-13-6-4-5-7-14(13)18-3/h4-7,11-12,16-17H,8-10H2,1-3H3. The number of rotatable bonds is 4. The summed E-state index contributed by atoms with van der Waals surface area (Å²) in [5, 5.41) is 13.3. The Kier molecular flexibility index (Phi) is 4.32. The van der Waals surface area contributed by atoms with Crippen molar-refractivity contribution in [2.24, 2.45) is 0 Å². The third kappa shape index (κ3) is 3.19. The molecular weight excluding hydrogens is 242 g/mol. The molecule has 0 saturated carbocycles. The molecule has 2 rings (SSSR count). The van der Waals surface area contributed by atoms with Gasteiger partial charge in [-0.1, -0.05) is 12.1 Å². The van der Waals surface area contributed by atoms with Gasteiger partial charge in [0.2, 0.25) is 0 Å². The second-order valence-electron chi connectivity index (χ2n) is 5.43. The first-order valence-electron chi connectivity index (χ1n) is 6.76. The summed E-state index contributed by atoms with van der Waals surface area (Å²) < 4.78 is 11.1. The smallest absolute Gasteiger partial charge is 0.141 e. The molecule has 0 bridgehead atoms. The number of ether oxygens (including phenoxy) is 2. The molecule has 0 radical (unpaired) electrons. The number of aliphatic hydroxyl groups is 1. The summed E-state index contributed by atoms with van der Waals surface area (Å²) in [6.45, 7) is 4.18. The van der Waals surface area contributed by atoms with Crippen molar-refractivity contribution in [3.63, 3.8) is 0 Å². The fraction of sp³-hybridized carbons (Fsp3) is 0.600. The van der Waals surface area contributed by atoms with Crippen LogP contribution in [0.4, 0.5) is 5.69 Å². The molecule has 0 aliphatic carbocycles. The van der Waals surface area contributed by atoms with E-state index in [9.17, 15) is 5.11 Å². The van der Waals surface area contributed by atoms with E-state index in [4.69, 9.17) is 9.47 Å². The number of methoxy groups -OCH3 is 1. The SMILES string of the molecule is COc1ccccc1NC1(CO)CC(C)OC(C)C1. The molecule has 0 aromatic heterocycles. The molecule has 4 heteroatoms.